The van der Waals surface area contributed by atoms with Gasteiger partial charge in [0, 0.05) is 25.6 Å². The zero-order chi connectivity index (χ0) is 24.3. The van der Waals surface area contributed by atoms with Gasteiger partial charge in [-0.1, -0.05) is 48.5 Å². The first-order valence-electron chi connectivity index (χ1n) is 11.6. The monoisotopic (exact) mass is 472 g/mol. The summed E-state index contributed by atoms with van der Waals surface area (Å²) in [6, 6.07) is 17.6. The van der Waals surface area contributed by atoms with Crippen molar-refractivity contribution in [2.24, 2.45) is 13.0 Å². The van der Waals surface area contributed by atoms with Gasteiger partial charge in [0.15, 0.2) is 5.69 Å². The van der Waals surface area contributed by atoms with Crippen molar-refractivity contribution in [2.75, 3.05) is 18.5 Å². The molecule has 2 N–H and O–H groups in total. The lowest BCUT2D eigenvalue weighted by atomic mass is 9.73. The number of aryl methyl sites for hydroxylation is 1. The number of ether oxygens (including phenoxy) is 1. The van der Waals surface area contributed by atoms with E-state index in [4.69, 9.17) is 4.74 Å². The van der Waals surface area contributed by atoms with Gasteiger partial charge in [-0.3, -0.25) is 14.8 Å². The minimum absolute atomic E-state index is 0.0642. The van der Waals surface area contributed by atoms with Crippen LogP contribution in [0.25, 0.3) is 11.1 Å². The van der Waals surface area contributed by atoms with Gasteiger partial charge in [-0.05, 0) is 41.0 Å². The molecule has 9 nitrogen and oxygen atoms in total. The SMILES string of the molecule is Cn1nc(C(=O)N2CC3CC2(C(=O)O)C3)cc1NC(=O)OCC1c2ccccc2-c2ccccc21. The van der Waals surface area contributed by atoms with Crippen LogP contribution >= 0.6 is 0 Å². The van der Waals surface area contributed by atoms with Gasteiger partial charge in [0.05, 0.1) is 0 Å². The van der Waals surface area contributed by atoms with Crippen LogP contribution < -0.4 is 5.32 Å². The Hall–Kier alpha value is -4.14. The van der Waals surface area contributed by atoms with Crippen LogP contribution in [0.4, 0.5) is 10.6 Å². The molecule has 3 fully saturated rings. The number of carboxylic acid groups (broad SMARTS) is 1. The summed E-state index contributed by atoms with van der Waals surface area (Å²) in [5.41, 5.74) is 3.49. The number of aromatic nitrogens is 2. The van der Waals surface area contributed by atoms with Crippen LogP contribution in [0, 0.1) is 5.92 Å². The topological polar surface area (TPSA) is 114 Å². The summed E-state index contributed by atoms with van der Waals surface area (Å²) in [4.78, 5) is 38.8. The molecule has 1 aromatic heterocycles. The Kier molecular flexibility index (Phi) is 4.70. The van der Waals surface area contributed by atoms with Crippen molar-refractivity contribution in [3.8, 4) is 11.1 Å². The third-order valence-electron chi connectivity index (χ3n) is 7.53. The van der Waals surface area contributed by atoms with Crippen LogP contribution in [0.1, 0.15) is 40.4 Å². The van der Waals surface area contributed by atoms with Crippen LogP contribution in [-0.4, -0.2) is 56.4 Å². The molecular weight excluding hydrogens is 448 g/mol. The van der Waals surface area contributed by atoms with Gasteiger partial charge >= 0.3 is 12.1 Å². The Morgan fingerprint density at radius 1 is 1.09 bits per heavy atom. The third-order valence-corrected chi connectivity index (χ3v) is 7.53. The molecule has 2 aromatic carbocycles. The van der Waals surface area contributed by atoms with Crippen LogP contribution in [0.5, 0.6) is 0 Å². The van der Waals surface area contributed by atoms with Gasteiger partial charge in [0.25, 0.3) is 5.91 Å². The first-order valence-corrected chi connectivity index (χ1v) is 11.6. The number of carboxylic acids is 1. The fourth-order valence-electron chi connectivity index (χ4n) is 5.81. The summed E-state index contributed by atoms with van der Waals surface area (Å²) in [6.45, 7) is 0.580. The van der Waals surface area contributed by atoms with Crippen molar-refractivity contribution in [3.05, 3.63) is 71.4 Å². The second-order valence-electron chi connectivity index (χ2n) is 9.52. The quantitative estimate of drug-likeness (QED) is 0.588. The highest BCUT2D eigenvalue weighted by Crippen LogP contribution is 2.51. The zero-order valence-corrected chi connectivity index (χ0v) is 19.1. The van der Waals surface area contributed by atoms with Gasteiger partial charge < -0.3 is 14.7 Å². The Balaban J connectivity index is 1.14. The number of carbonyl (C=O) groups is 3. The van der Waals surface area contributed by atoms with E-state index in [1.165, 1.54) is 15.6 Å². The molecule has 0 spiro atoms. The summed E-state index contributed by atoms with van der Waals surface area (Å²) in [7, 11) is 1.60. The number of hydrogen-bond donors (Lipinski definition) is 2. The number of fused-ring (bicyclic) bond motifs is 4. The minimum Gasteiger partial charge on any atom is -0.479 e. The smallest absolute Gasteiger partial charge is 0.412 e. The van der Waals surface area contributed by atoms with Crippen molar-refractivity contribution in [2.45, 2.75) is 24.3 Å². The molecule has 2 amide bonds. The molecule has 2 bridgehead atoms. The van der Waals surface area contributed by atoms with Gasteiger partial charge in [0.1, 0.15) is 18.0 Å². The number of rotatable bonds is 5. The third kappa shape index (κ3) is 3.22. The van der Waals surface area contributed by atoms with E-state index in [1.807, 2.05) is 36.4 Å². The predicted octanol–water partition coefficient (Wildman–Crippen LogP) is 3.47. The van der Waals surface area contributed by atoms with Crippen LogP contribution in [0.15, 0.2) is 54.6 Å². The van der Waals surface area contributed by atoms with Gasteiger partial charge in [-0.15, -0.1) is 0 Å². The number of nitrogens with one attached hydrogen (secondary N) is 1. The Morgan fingerprint density at radius 3 is 2.34 bits per heavy atom. The summed E-state index contributed by atoms with van der Waals surface area (Å²) >= 11 is 0. The van der Waals surface area contributed by atoms with Crippen molar-refractivity contribution >= 4 is 23.8 Å². The van der Waals surface area contributed by atoms with Crippen LogP contribution in [-0.2, 0) is 16.6 Å². The largest absolute Gasteiger partial charge is 0.479 e. The molecule has 2 saturated heterocycles. The molecule has 4 aliphatic rings. The molecule has 1 saturated carbocycles. The maximum Gasteiger partial charge on any atom is 0.412 e. The molecule has 0 atom stereocenters. The first kappa shape index (κ1) is 21.4. The van der Waals surface area contributed by atoms with Gasteiger partial charge in [-0.25, -0.2) is 9.59 Å². The lowest BCUT2D eigenvalue weighted by molar-refractivity contribution is -0.151. The molecule has 3 aromatic rings. The van der Waals surface area contributed by atoms with Crippen molar-refractivity contribution in [3.63, 3.8) is 0 Å². The first-order chi connectivity index (χ1) is 16.9. The fraction of sp³-hybridized carbons (Fsp3) is 0.308. The second kappa shape index (κ2) is 7.69. The molecule has 35 heavy (non-hydrogen) atoms. The number of hydrogen-bond acceptors (Lipinski definition) is 5. The van der Waals surface area contributed by atoms with E-state index in [2.05, 4.69) is 22.5 Å². The number of nitrogens with zero attached hydrogens (tertiary/aromatic N) is 3. The number of carbonyl (C=O) groups excluding carboxylic acids is 2. The van der Waals surface area contributed by atoms with Crippen LogP contribution in [0.3, 0.4) is 0 Å². The van der Waals surface area contributed by atoms with E-state index in [-0.39, 0.29) is 24.1 Å². The Morgan fingerprint density at radius 2 is 1.71 bits per heavy atom. The Bertz CT molecular complexity index is 1330. The highest BCUT2D eigenvalue weighted by Gasteiger charge is 2.63. The summed E-state index contributed by atoms with van der Waals surface area (Å²) in [5, 5.41) is 16.5. The summed E-state index contributed by atoms with van der Waals surface area (Å²) < 4.78 is 6.95. The maximum absolute atomic E-state index is 13.0. The van der Waals surface area contributed by atoms with Crippen LogP contribution in [0.2, 0.25) is 0 Å². The average Bonchev–Trinajstić information content (AvgIpc) is 3.57. The van der Waals surface area contributed by atoms with E-state index in [0.717, 1.165) is 22.3 Å². The number of amides is 2. The second-order valence-corrected chi connectivity index (χ2v) is 9.52. The fourth-order valence-corrected chi connectivity index (χ4v) is 5.81. The molecule has 3 heterocycles. The highest BCUT2D eigenvalue weighted by molar-refractivity contribution is 5.99. The molecule has 9 heteroatoms. The zero-order valence-electron chi connectivity index (χ0n) is 19.1. The molecule has 2 aliphatic carbocycles. The maximum atomic E-state index is 13.0. The van der Waals surface area contributed by atoms with Crippen molar-refractivity contribution in [1.29, 1.82) is 0 Å². The van der Waals surface area contributed by atoms with E-state index in [9.17, 15) is 19.5 Å². The molecule has 7 rings (SSSR count). The van der Waals surface area contributed by atoms with E-state index < -0.39 is 23.5 Å². The van der Waals surface area contributed by atoms with E-state index >= 15 is 0 Å². The van der Waals surface area contributed by atoms with E-state index in [1.54, 1.807) is 7.05 Å². The Labute approximate surface area is 201 Å². The van der Waals surface area contributed by atoms with Crippen molar-refractivity contribution < 1.29 is 24.2 Å². The molecule has 178 valence electrons. The minimum atomic E-state index is -1.13. The van der Waals surface area contributed by atoms with E-state index in [0.29, 0.717) is 25.2 Å². The molecule has 0 unspecified atom stereocenters. The predicted molar refractivity (Wildman–Crippen MR) is 126 cm³/mol. The highest BCUT2D eigenvalue weighted by atomic mass is 16.5. The molecular formula is C26H24N4O5. The van der Waals surface area contributed by atoms with Crippen molar-refractivity contribution in [1.82, 2.24) is 14.7 Å². The van der Waals surface area contributed by atoms with Gasteiger partial charge in [0.2, 0.25) is 0 Å². The molecule has 0 radical (unpaired) electrons. The summed E-state index contributed by atoms with van der Waals surface area (Å²) in [6.07, 6.45) is 0.302. The molecule has 2 aliphatic heterocycles. The van der Waals surface area contributed by atoms with Gasteiger partial charge in [-0.2, -0.15) is 5.10 Å². The number of benzene rings is 2. The lowest BCUT2D eigenvalue weighted by Crippen LogP contribution is -2.54. The number of aliphatic carboxylic acids is 1. The average molecular weight is 473 g/mol. The summed E-state index contributed by atoms with van der Waals surface area (Å²) in [5.74, 6) is -0.972. The lowest BCUT2D eigenvalue weighted by Gasteiger charge is -2.37. The number of anilines is 1. The normalized spacial score (nSPS) is 21.7. The standard InChI is InChI=1S/C26H24N4O5/c1-29-22(10-21(28-29)23(31)30-13-15-11-26(30,12-15)24(32)33)27-25(34)35-14-20-18-8-4-2-6-16(18)17-7-3-5-9-19(17)20/h2-10,15,20H,11-14H2,1H3,(H,27,34)(H,32,33).